The molecule has 30 heavy (non-hydrogen) atoms. The van der Waals surface area contributed by atoms with Gasteiger partial charge >= 0.3 is 0 Å². The largest absolute Gasteiger partial charge is 0.349 e. The van der Waals surface area contributed by atoms with Crippen LogP contribution in [0.4, 0.5) is 4.39 Å². The monoisotopic (exact) mass is 448 g/mol. The molecule has 8 heteroatoms. The summed E-state index contributed by atoms with van der Waals surface area (Å²) in [6.07, 6.45) is 1.72. The predicted octanol–water partition coefficient (Wildman–Crippen LogP) is 3.89. The van der Waals surface area contributed by atoms with E-state index in [-0.39, 0.29) is 28.6 Å². The Morgan fingerprint density at radius 3 is 2.50 bits per heavy atom. The van der Waals surface area contributed by atoms with Crippen molar-refractivity contribution in [3.05, 3.63) is 59.4 Å². The molecule has 1 atom stereocenters. The number of rotatable bonds is 4. The van der Waals surface area contributed by atoms with Crippen LogP contribution in [0.5, 0.6) is 0 Å². The molecule has 1 saturated heterocycles. The van der Waals surface area contributed by atoms with E-state index in [0.29, 0.717) is 25.9 Å². The number of nitrogens with zero attached hydrogens (tertiary/aromatic N) is 1. The highest BCUT2D eigenvalue weighted by atomic mass is 32.2. The van der Waals surface area contributed by atoms with Crippen molar-refractivity contribution in [3.8, 4) is 0 Å². The smallest absolute Gasteiger partial charge is 0.243 e. The van der Waals surface area contributed by atoms with Crippen LogP contribution in [0.25, 0.3) is 0 Å². The summed E-state index contributed by atoms with van der Waals surface area (Å²) in [7, 11) is -3.54. The summed E-state index contributed by atoms with van der Waals surface area (Å²) in [4.78, 5) is 14.1. The van der Waals surface area contributed by atoms with E-state index in [1.54, 1.807) is 42.1 Å². The molecule has 1 fully saturated rings. The van der Waals surface area contributed by atoms with E-state index in [9.17, 15) is 17.6 Å². The third-order valence-electron chi connectivity index (χ3n) is 5.81. The molecule has 0 unspecified atom stereocenters. The number of benzene rings is 2. The standard InChI is InChI=1S/C22H25FN2O3S2/c1-15-2-5-18(6-3-15)30(27,28)25-11-8-16(9-12-25)22(26)24-20-10-13-29-21-7-4-17(23)14-19(20)21/h2-7,14,16,20H,8-13H2,1H3,(H,24,26)/t20-/m1/s1. The minimum atomic E-state index is -3.54. The van der Waals surface area contributed by atoms with E-state index >= 15 is 0 Å². The lowest BCUT2D eigenvalue weighted by Gasteiger charge is -2.32. The molecule has 0 bridgehead atoms. The topological polar surface area (TPSA) is 66.5 Å². The van der Waals surface area contributed by atoms with Gasteiger partial charge < -0.3 is 5.32 Å². The number of hydrogen-bond donors (Lipinski definition) is 1. The van der Waals surface area contributed by atoms with Crippen LogP contribution < -0.4 is 5.32 Å². The number of piperidine rings is 1. The second kappa shape index (κ2) is 8.69. The summed E-state index contributed by atoms with van der Waals surface area (Å²) in [6, 6.07) is 11.3. The van der Waals surface area contributed by atoms with Gasteiger partial charge in [-0.1, -0.05) is 17.7 Å². The zero-order valence-electron chi connectivity index (χ0n) is 16.8. The Hall–Kier alpha value is -1.90. The Kier molecular flexibility index (Phi) is 6.18. The molecule has 0 radical (unpaired) electrons. The van der Waals surface area contributed by atoms with Gasteiger partial charge in [-0.3, -0.25) is 4.79 Å². The van der Waals surface area contributed by atoms with Crippen molar-refractivity contribution < 1.29 is 17.6 Å². The van der Waals surface area contributed by atoms with Crippen molar-refractivity contribution >= 4 is 27.7 Å². The lowest BCUT2D eigenvalue weighted by Crippen LogP contribution is -2.44. The second-order valence-electron chi connectivity index (χ2n) is 7.87. The van der Waals surface area contributed by atoms with E-state index < -0.39 is 10.0 Å². The lowest BCUT2D eigenvalue weighted by atomic mass is 9.95. The van der Waals surface area contributed by atoms with Crippen LogP contribution in [0, 0.1) is 18.7 Å². The number of amides is 1. The number of aryl methyl sites for hydroxylation is 1. The zero-order valence-corrected chi connectivity index (χ0v) is 18.4. The molecular formula is C22H25FN2O3S2. The molecule has 2 aromatic carbocycles. The highest BCUT2D eigenvalue weighted by molar-refractivity contribution is 7.99. The summed E-state index contributed by atoms with van der Waals surface area (Å²) in [5.74, 6) is 0.261. The summed E-state index contributed by atoms with van der Waals surface area (Å²) < 4.78 is 40.9. The summed E-state index contributed by atoms with van der Waals surface area (Å²) in [6.45, 7) is 2.55. The van der Waals surface area contributed by atoms with Crippen molar-refractivity contribution in [1.82, 2.24) is 9.62 Å². The van der Waals surface area contributed by atoms with E-state index in [0.717, 1.165) is 28.2 Å². The Morgan fingerprint density at radius 2 is 1.80 bits per heavy atom. The van der Waals surface area contributed by atoms with Gasteiger partial charge in [0.25, 0.3) is 0 Å². The number of fused-ring (bicyclic) bond motifs is 1. The van der Waals surface area contributed by atoms with Gasteiger partial charge in [0.15, 0.2) is 0 Å². The molecule has 1 N–H and O–H groups in total. The highest BCUT2D eigenvalue weighted by Gasteiger charge is 2.33. The normalized spacial score (nSPS) is 20.5. The summed E-state index contributed by atoms with van der Waals surface area (Å²) >= 11 is 1.67. The molecule has 2 aliphatic heterocycles. The number of thioether (sulfide) groups is 1. The number of halogens is 1. The van der Waals surface area contributed by atoms with Gasteiger partial charge in [-0.15, -0.1) is 11.8 Å². The Bertz CT molecular complexity index is 1030. The van der Waals surface area contributed by atoms with Gasteiger partial charge in [0.2, 0.25) is 15.9 Å². The molecule has 2 aliphatic rings. The van der Waals surface area contributed by atoms with Crippen molar-refractivity contribution in [2.75, 3.05) is 18.8 Å². The molecule has 0 aromatic heterocycles. The molecule has 1 amide bonds. The van der Waals surface area contributed by atoms with Crippen LogP contribution in [0.1, 0.15) is 36.4 Å². The second-order valence-corrected chi connectivity index (χ2v) is 10.9. The van der Waals surface area contributed by atoms with Crippen LogP contribution in [0.3, 0.4) is 0 Å². The van der Waals surface area contributed by atoms with Crippen molar-refractivity contribution in [1.29, 1.82) is 0 Å². The molecule has 2 aromatic rings. The Labute approximate surface area is 181 Å². The molecule has 0 saturated carbocycles. The molecular weight excluding hydrogens is 423 g/mol. The average Bonchev–Trinajstić information content (AvgIpc) is 2.74. The molecule has 160 valence electrons. The lowest BCUT2D eigenvalue weighted by molar-refractivity contribution is -0.126. The highest BCUT2D eigenvalue weighted by Crippen LogP contribution is 2.37. The number of sulfonamides is 1. The van der Waals surface area contributed by atoms with Gasteiger partial charge in [-0.25, -0.2) is 12.8 Å². The quantitative estimate of drug-likeness (QED) is 0.771. The maximum atomic E-state index is 13.7. The molecule has 0 aliphatic carbocycles. The van der Waals surface area contributed by atoms with E-state index in [1.807, 2.05) is 6.92 Å². The van der Waals surface area contributed by atoms with Crippen molar-refractivity contribution in [3.63, 3.8) is 0 Å². The molecule has 0 spiro atoms. The number of nitrogens with one attached hydrogen (secondary N) is 1. The molecule has 4 rings (SSSR count). The van der Waals surface area contributed by atoms with Crippen LogP contribution in [-0.2, 0) is 14.8 Å². The number of carbonyl (C=O) groups is 1. The Balaban J connectivity index is 1.38. The van der Waals surface area contributed by atoms with Crippen LogP contribution in [0.2, 0.25) is 0 Å². The number of hydrogen-bond acceptors (Lipinski definition) is 4. The first-order valence-electron chi connectivity index (χ1n) is 10.1. The van der Waals surface area contributed by atoms with Gasteiger partial charge in [0.1, 0.15) is 5.82 Å². The average molecular weight is 449 g/mol. The van der Waals surface area contributed by atoms with Crippen LogP contribution in [0.15, 0.2) is 52.3 Å². The van der Waals surface area contributed by atoms with Gasteiger partial charge in [0, 0.05) is 29.7 Å². The summed E-state index contributed by atoms with van der Waals surface area (Å²) in [5.41, 5.74) is 1.84. The van der Waals surface area contributed by atoms with Gasteiger partial charge in [-0.05, 0) is 62.1 Å². The first-order chi connectivity index (χ1) is 14.3. The van der Waals surface area contributed by atoms with Crippen LogP contribution >= 0.6 is 11.8 Å². The Morgan fingerprint density at radius 1 is 1.10 bits per heavy atom. The first-order valence-corrected chi connectivity index (χ1v) is 12.6. The van der Waals surface area contributed by atoms with Gasteiger partial charge in [-0.2, -0.15) is 4.31 Å². The van der Waals surface area contributed by atoms with Crippen molar-refractivity contribution in [2.45, 2.75) is 42.0 Å². The van der Waals surface area contributed by atoms with Gasteiger partial charge in [0.05, 0.1) is 10.9 Å². The molecule has 2 heterocycles. The SMILES string of the molecule is Cc1ccc(S(=O)(=O)N2CCC(C(=O)N[C@@H]3CCSc4ccc(F)cc43)CC2)cc1. The summed E-state index contributed by atoms with van der Waals surface area (Å²) in [5, 5.41) is 3.08. The fraction of sp³-hybridized carbons (Fsp3) is 0.409. The van der Waals surface area contributed by atoms with E-state index in [4.69, 9.17) is 0 Å². The third kappa shape index (κ3) is 4.40. The fourth-order valence-corrected chi connectivity index (χ4v) is 6.60. The van der Waals surface area contributed by atoms with Crippen LogP contribution in [-0.4, -0.2) is 37.5 Å². The van der Waals surface area contributed by atoms with Crippen molar-refractivity contribution in [2.24, 2.45) is 5.92 Å². The maximum Gasteiger partial charge on any atom is 0.243 e. The minimum absolute atomic E-state index is 0.0745. The zero-order chi connectivity index (χ0) is 21.3. The maximum absolute atomic E-state index is 13.7. The number of carbonyl (C=O) groups excluding carboxylic acids is 1. The first kappa shape index (κ1) is 21.3. The molecule has 5 nitrogen and oxygen atoms in total. The third-order valence-corrected chi connectivity index (χ3v) is 8.85. The van der Waals surface area contributed by atoms with E-state index in [1.165, 1.54) is 16.4 Å². The minimum Gasteiger partial charge on any atom is -0.349 e. The predicted molar refractivity (Wildman–Crippen MR) is 115 cm³/mol. The van der Waals surface area contributed by atoms with E-state index in [2.05, 4.69) is 5.32 Å². The fourth-order valence-electron chi connectivity index (χ4n) is 4.02.